The van der Waals surface area contributed by atoms with E-state index < -0.39 is 0 Å². The fourth-order valence-electron chi connectivity index (χ4n) is 0.980. The quantitative estimate of drug-likeness (QED) is 0.694. The van der Waals surface area contributed by atoms with Crippen LogP contribution in [0.4, 0.5) is 4.39 Å². The molecule has 0 N–H and O–H groups in total. The largest absolute Gasteiger partial charge is 0.257 e. The number of pyridine rings is 1. The maximum absolute atomic E-state index is 13.1. The Balaban J connectivity index is 2.86. The molecule has 0 unspecified atom stereocenters. The highest BCUT2D eigenvalue weighted by Gasteiger charge is 2.05. The zero-order chi connectivity index (χ0) is 9.14. The number of rotatable bonds is 2. The summed E-state index contributed by atoms with van der Waals surface area (Å²) >= 11 is 5.55. The van der Waals surface area contributed by atoms with Crippen LogP contribution in [-0.4, -0.2) is 4.98 Å². The van der Waals surface area contributed by atoms with E-state index in [1.807, 2.05) is 13.8 Å². The number of nitrogens with zero attached hydrogens (tertiary/aromatic N) is 1. The fourth-order valence-corrected chi connectivity index (χ4v) is 1.12. The van der Waals surface area contributed by atoms with Crippen LogP contribution in [0.3, 0.4) is 0 Å². The summed E-state index contributed by atoms with van der Waals surface area (Å²) in [7, 11) is 0. The molecule has 0 aliphatic carbocycles. The molecule has 0 aliphatic rings. The van der Waals surface area contributed by atoms with E-state index in [1.54, 1.807) is 0 Å². The Morgan fingerprint density at radius 1 is 1.58 bits per heavy atom. The second kappa shape index (κ2) is 3.85. The van der Waals surface area contributed by atoms with Crippen LogP contribution in [0.1, 0.15) is 19.5 Å². The van der Waals surface area contributed by atoms with Gasteiger partial charge in [0.25, 0.3) is 0 Å². The summed E-state index contributed by atoms with van der Waals surface area (Å²) in [5.74, 6) is 0.101. The van der Waals surface area contributed by atoms with Crippen LogP contribution >= 0.6 is 11.6 Å². The molecule has 1 aromatic rings. The van der Waals surface area contributed by atoms with Crippen LogP contribution < -0.4 is 0 Å². The van der Waals surface area contributed by atoms with Gasteiger partial charge in [0.2, 0.25) is 0 Å². The minimum Gasteiger partial charge on any atom is -0.257 e. The number of hydrogen-bond donors (Lipinski definition) is 0. The molecule has 0 spiro atoms. The van der Waals surface area contributed by atoms with E-state index in [-0.39, 0.29) is 5.82 Å². The van der Waals surface area contributed by atoms with E-state index in [4.69, 9.17) is 11.6 Å². The van der Waals surface area contributed by atoms with Crippen molar-refractivity contribution in [2.45, 2.75) is 20.3 Å². The van der Waals surface area contributed by atoms with Gasteiger partial charge in [-0.25, -0.2) is 4.39 Å². The maximum atomic E-state index is 13.1. The van der Waals surface area contributed by atoms with Crippen LogP contribution in [0.2, 0.25) is 5.02 Å². The van der Waals surface area contributed by atoms with Gasteiger partial charge in [-0.3, -0.25) is 4.98 Å². The average molecular weight is 188 g/mol. The number of halogens is 2. The zero-order valence-electron chi connectivity index (χ0n) is 7.14. The van der Waals surface area contributed by atoms with Crippen molar-refractivity contribution in [3.63, 3.8) is 0 Å². The van der Waals surface area contributed by atoms with Gasteiger partial charge in [0, 0.05) is 6.20 Å². The first-order valence-electron chi connectivity index (χ1n) is 3.89. The fraction of sp³-hybridized carbons (Fsp3) is 0.444. The van der Waals surface area contributed by atoms with Gasteiger partial charge in [-0.1, -0.05) is 25.4 Å². The van der Waals surface area contributed by atoms with Gasteiger partial charge in [-0.05, 0) is 18.4 Å². The lowest BCUT2D eigenvalue weighted by Gasteiger charge is -2.04. The van der Waals surface area contributed by atoms with Crippen molar-refractivity contribution in [3.05, 3.63) is 28.8 Å². The third-order valence-electron chi connectivity index (χ3n) is 1.49. The van der Waals surface area contributed by atoms with Gasteiger partial charge in [-0.2, -0.15) is 0 Å². The molecule has 3 heteroatoms. The highest BCUT2D eigenvalue weighted by Crippen LogP contribution is 2.14. The molecule has 0 radical (unpaired) electrons. The van der Waals surface area contributed by atoms with Gasteiger partial charge in [0.15, 0.2) is 0 Å². The van der Waals surface area contributed by atoms with Crippen molar-refractivity contribution in [2.24, 2.45) is 5.92 Å². The van der Waals surface area contributed by atoms with Crippen molar-refractivity contribution in [1.82, 2.24) is 4.98 Å². The third-order valence-corrected chi connectivity index (χ3v) is 1.69. The Kier molecular flexibility index (Phi) is 3.04. The highest BCUT2D eigenvalue weighted by atomic mass is 35.5. The molecule has 0 bridgehead atoms. The molecule has 0 saturated carbocycles. The van der Waals surface area contributed by atoms with Crippen LogP contribution in [0.25, 0.3) is 0 Å². The molecule has 0 aliphatic heterocycles. The zero-order valence-corrected chi connectivity index (χ0v) is 7.90. The first kappa shape index (κ1) is 9.46. The normalized spacial score (nSPS) is 10.8. The van der Waals surface area contributed by atoms with Gasteiger partial charge in [0.05, 0.1) is 10.7 Å². The summed E-state index contributed by atoms with van der Waals surface area (Å²) in [5.41, 5.74) is 0.495. The first-order valence-corrected chi connectivity index (χ1v) is 4.27. The molecule has 0 aromatic carbocycles. The summed E-state index contributed by atoms with van der Waals surface area (Å²) in [6.45, 7) is 4.05. The van der Waals surface area contributed by atoms with Crippen molar-refractivity contribution in [3.8, 4) is 0 Å². The Morgan fingerprint density at radius 2 is 2.25 bits per heavy atom. The van der Waals surface area contributed by atoms with Gasteiger partial charge in [-0.15, -0.1) is 0 Å². The van der Waals surface area contributed by atoms with Crippen LogP contribution in [0.15, 0.2) is 12.3 Å². The summed E-state index contributed by atoms with van der Waals surface area (Å²) in [5, 5.41) is 0.347. The molecular weight excluding hydrogens is 177 g/mol. The average Bonchev–Trinajstić information content (AvgIpc) is 1.94. The van der Waals surface area contributed by atoms with Crippen LogP contribution in [0, 0.1) is 11.7 Å². The molecular formula is C9H11ClFN. The summed E-state index contributed by atoms with van der Waals surface area (Å²) < 4.78 is 13.1. The molecule has 66 valence electrons. The maximum Gasteiger partial charge on any atom is 0.146 e. The minimum absolute atomic E-state index is 0.309. The summed E-state index contributed by atoms with van der Waals surface area (Å²) in [6, 6.07) is 1.30. The molecule has 0 amide bonds. The van der Waals surface area contributed by atoms with Crippen molar-refractivity contribution < 1.29 is 4.39 Å². The Bertz CT molecular complexity index is 273. The molecule has 0 saturated heterocycles. The van der Waals surface area contributed by atoms with E-state index in [9.17, 15) is 4.39 Å². The van der Waals surface area contributed by atoms with Gasteiger partial charge < -0.3 is 0 Å². The van der Waals surface area contributed by atoms with Gasteiger partial charge >= 0.3 is 0 Å². The SMILES string of the molecule is CC(C)Cc1ncc(Cl)cc1F. The van der Waals surface area contributed by atoms with Crippen LogP contribution in [0.5, 0.6) is 0 Å². The monoisotopic (exact) mass is 187 g/mol. The second-order valence-electron chi connectivity index (χ2n) is 3.18. The van der Waals surface area contributed by atoms with Crippen molar-refractivity contribution in [2.75, 3.05) is 0 Å². The van der Waals surface area contributed by atoms with E-state index in [1.165, 1.54) is 12.3 Å². The lowest BCUT2D eigenvalue weighted by molar-refractivity contribution is 0.560. The predicted octanol–water partition coefficient (Wildman–Crippen LogP) is 3.07. The molecule has 0 atom stereocenters. The van der Waals surface area contributed by atoms with E-state index in [0.29, 0.717) is 23.1 Å². The summed E-state index contributed by atoms with van der Waals surface area (Å²) in [4.78, 5) is 3.91. The lowest BCUT2D eigenvalue weighted by atomic mass is 10.1. The molecule has 1 aromatic heterocycles. The molecule has 1 rings (SSSR count). The number of hydrogen-bond acceptors (Lipinski definition) is 1. The minimum atomic E-state index is -0.309. The van der Waals surface area contributed by atoms with E-state index >= 15 is 0 Å². The van der Waals surface area contributed by atoms with E-state index in [2.05, 4.69) is 4.98 Å². The highest BCUT2D eigenvalue weighted by molar-refractivity contribution is 6.30. The Morgan fingerprint density at radius 3 is 2.75 bits per heavy atom. The first-order chi connectivity index (χ1) is 5.59. The van der Waals surface area contributed by atoms with Crippen molar-refractivity contribution >= 4 is 11.6 Å². The van der Waals surface area contributed by atoms with Gasteiger partial charge in [0.1, 0.15) is 5.82 Å². The Hall–Kier alpha value is -0.630. The number of aromatic nitrogens is 1. The summed E-state index contributed by atoms with van der Waals surface area (Å²) in [6.07, 6.45) is 2.13. The standard InChI is InChI=1S/C9H11ClFN/c1-6(2)3-9-8(11)4-7(10)5-12-9/h4-6H,3H2,1-2H3. The molecule has 1 heterocycles. The lowest BCUT2D eigenvalue weighted by Crippen LogP contribution is -2.00. The topological polar surface area (TPSA) is 12.9 Å². The van der Waals surface area contributed by atoms with E-state index in [0.717, 1.165) is 0 Å². The second-order valence-corrected chi connectivity index (χ2v) is 3.62. The van der Waals surface area contributed by atoms with Crippen molar-refractivity contribution in [1.29, 1.82) is 0 Å². The smallest absolute Gasteiger partial charge is 0.146 e. The predicted molar refractivity (Wildman–Crippen MR) is 47.7 cm³/mol. The Labute approximate surface area is 76.6 Å². The van der Waals surface area contributed by atoms with Crippen LogP contribution in [-0.2, 0) is 6.42 Å². The molecule has 12 heavy (non-hydrogen) atoms. The molecule has 0 fully saturated rings. The third kappa shape index (κ3) is 2.45. The molecule has 1 nitrogen and oxygen atoms in total.